The lowest BCUT2D eigenvalue weighted by molar-refractivity contribution is -0.115. The Morgan fingerprint density at radius 1 is 1.15 bits per heavy atom. The molecule has 0 aliphatic carbocycles. The first-order chi connectivity index (χ1) is 16.6. The average Bonchev–Trinajstić information content (AvgIpc) is 3.61. The summed E-state index contributed by atoms with van der Waals surface area (Å²) < 4.78 is 23.6. The van der Waals surface area contributed by atoms with Crippen molar-refractivity contribution >= 4 is 23.4 Å². The first-order valence-electron chi connectivity index (χ1n) is 10.6. The highest BCUT2D eigenvalue weighted by Gasteiger charge is 2.23. The van der Waals surface area contributed by atoms with E-state index in [1.807, 2.05) is 47.9 Å². The standard InChI is InChI=1S/C24H22N4O5S/c1-15(23(29)25-17-8-9-20-21(12-17)33-14-32-20)34-24-27-26-22(16-5-3-6-18(11-16)30-2)28(24)13-19-7-4-10-31-19/h3-12,15H,13-14H2,1-2H3,(H,25,29)/t15-/m0/s1. The van der Waals surface area contributed by atoms with Gasteiger partial charge in [-0.2, -0.15) is 0 Å². The van der Waals surface area contributed by atoms with Gasteiger partial charge in [0.05, 0.1) is 25.2 Å². The van der Waals surface area contributed by atoms with Crippen LogP contribution in [0.1, 0.15) is 12.7 Å². The molecule has 0 radical (unpaired) electrons. The number of hydrogen-bond acceptors (Lipinski definition) is 8. The molecule has 1 atom stereocenters. The number of nitrogens with one attached hydrogen (secondary N) is 1. The Balaban J connectivity index is 1.37. The summed E-state index contributed by atoms with van der Waals surface area (Å²) in [5.41, 5.74) is 1.48. The fraction of sp³-hybridized carbons (Fsp3) is 0.208. The van der Waals surface area contributed by atoms with E-state index in [0.29, 0.717) is 34.7 Å². The summed E-state index contributed by atoms with van der Waals surface area (Å²) >= 11 is 1.32. The summed E-state index contributed by atoms with van der Waals surface area (Å²) in [7, 11) is 1.62. The van der Waals surface area contributed by atoms with Crippen LogP contribution in [0.5, 0.6) is 17.2 Å². The molecular formula is C24H22N4O5S. The van der Waals surface area contributed by atoms with Crippen molar-refractivity contribution in [1.29, 1.82) is 0 Å². The van der Waals surface area contributed by atoms with Crippen LogP contribution in [-0.4, -0.2) is 39.8 Å². The predicted octanol–water partition coefficient (Wildman–Crippen LogP) is 4.44. The van der Waals surface area contributed by atoms with Crippen molar-refractivity contribution < 1.29 is 23.4 Å². The molecule has 174 valence electrons. The maximum atomic E-state index is 12.9. The summed E-state index contributed by atoms with van der Waals surface area (Å²) in [6.07, 6.45) is 1.62. The number of amides is 1. The summed E-state index contributed by atoms with van der Waals surface area (Å²) in [6.45, 7) is 2.43. The van der Waals surface area contributed by atoms with Crippen molar-refractivity contribution in [2.24, 2.45) is 0 Å². The number of carbonyl (C=O) groups excluding carboxylic acids is 1. The third kappa shape index (κ3) is 4.58. The minimum absolute atomic E-state index is 0.167. The van der Waals surface area contributed by atoms with Gasteiger partial charge in [-0.15, -0.1) is 10.2 Å². The van der Waals surface area contributed by atoms with Crippen LogP contribution in [0, 0.1) is 0 Å². The number of methoxy groups -OCH3 is 1. The second-order valence-electron chi connectivity index (χ2n) is 7.52. The maximum Gasteiger partial charge on any atom is 0.237 e. The molecule has 9 nitrogen and oxygen atoms in total. The van der Waals surface area contributed by atoms with Gasteiger partial charge in [-0.25, -0.2) is 0 Å². The molecule has 34 heavy (non-hydrogen) atoms. The third-order valence-corrected chi connectivity index (χ3v) is 6.31. The molecule has 0 spiro atoms. The Hall–Kier alpha value is -3.92. The maximum absolute atomic E-state index is 12.9. The fourth-order valence-electron chi connectivity index (χ4n) is 3.48. The molecule has 1 aliphatic rings. The van der Waals surface area contributed by atoms with Gasteiger partial charge in [0.2, 0.25) is 12.7 Å². The molecule has 0 saturated carbocycles. The van der Waals surface area contributed by atoms with Crippen molar-refractivity contribution in [3.8, 4) is 28.6 Å². The Morgan fingerprint density at radius 2 is 2.03 bits per heavy atom. The van der Waals surface area contributed by atoms with Crippen molar-refractivity contribution in [1.82, 2.24) is 14.8 Å². The van der Waals surface area contributed by atoms with Gasteiger partial charge in [-0.3, -0.25) is 9.36 Å². The van der Waals surface area contributed by atoms with Crippen molar-refractivity contribution in [2.75, 3.05) is 19.2 Å². The van der Waals surface area contributed by atoms with Crippen LogP contribution in [0.25, 0.3) is 11.4 Å². The van der Waals surface area contributed by atoms with Crippen LogP contribution in [0.4, 0.5) is 5.69 Å². The van der Waals surface area contributed by atoms with Gasteiger partial charge in [0.25, 0.3) is 0 Å². The van der Waals surface area contributed by atoms with Crippen LogP contribution >= 0.6 is 11.8 Å². The van der Waals surface area contributed by atoms with Gasteiger partial charge < -0.3 is 23.9 Å². The monoisotopic (exact) mass is 478 g/mol. The van der Waals surface area contributed by atoms with Gasteiger partial charge in [-0.05, 0) is 43.3 Å². The Kier molecular flexibility index (Phi) is 6.13. The number of benzene rings is 2. The largest absolute Gasteiger partial charge is 0.497 e. The summed E-state index contributed by atoms with van der Waals surface area (Å²) in [5, 5.41) is 11.9. The van der Waals surface area contributed by atoms with Crippen LogP contribution in [-0.2, 0) is 11.3 Å². The highest BCUT2D eigenvalue weighted by atomic mass is 32.2. The number of rotatable bonds is 8. The highest BCUT2D eigenvalue weighted by Crippen LogP contribution is 2.35. The molecule has 10 heteroatoms. The average molecular weight is 479 g/mol. The van der Waals surface area contributed by atoms with E-state index in [1.165, 1.54) is 11.8 Å². The number of ether oxygens (including phenoxy) is 3. The first kappa shape index (κ1) is 21.9. The fourth-order valence-corrected chi connectivity index (χ4v) is 4.33. The smallest absolute Gasteiger partial charge is 0.237 e. The van der Waals surface area contributed by atoms with Gasteiger partial charge in [-0.1, -0.05) is 23.9 Å². The number of anilines is 1. The lowest BCUT2D eigenvalue weighted by atomic mass is 10.2. The molecule has 2 aromatic carbocycles. The topological polar surface area (TPSA) is 101 Å². The van der Waals surface area contributed by atoms with E-state index in [4.69, 9.17) is 18.6 Å². The van der Waals surface area contributed by atoms with Gasteiger partial charge in [0.1, 0.15) is 11.5 Å². The lowest BCUT2D eigenvalue weighted by Crippen LogP contribution is -2.23. The summed E-state index contributed by atoms with van der Waals surface area (Å²) in [6, 6.07) is 16.6. The zero-order chi connectivity index (χ0) is 23.5. The summed E-state index contributed by atoms with van der Waals surface area (Å²) in [5.74, 6) is 3.23. The number of hydrogen-bond donors (Lipinski definition) is 1. The van der Waals surface area contributed by atoms with Gasteiger partial charge in [0.15, 0.2) is 22.5 Å². The van der Waals surface area contributed by atoms with E-state index in [9.17, 15) is 4.79 Å². The molecule has 2 aromatic heterocycles. The second-order valence-corrected chi connectivity index (χ2v) is 8.83. The molecule has 0 unspecified atom stereocenters. The van der Waals surface area contributed by atoms with Crippen LogP contribution in [0.3, 0.4) is 0 Å². The Morgan fingerprint density at radius 3 is 2.85 bits per heavy atom. The SMILES string of the molecule is COc1cccc(-c2nnc(S[C@@H](C)C(=O)Nc3ccc4c(c3)OCO4)n2Cc2ccco2)c1. The lowest BCUT2D eigenvalue weighted by Gasteiger charge is -2.14. The first-order valence-corrected chi connectivity index (χ1v) is 11.5. The zero-order valence-electron chi connectivity index (χ0n) is 18.6. The molecule has 0 bridgehead atoms. The van der Waals surface area contributed by atoms with Crippen LogP contribution in [0.15, 0.2) is 70.4 Å². The number of nitrogens with zero attached hydrogens (tertiary/aromatic N) is 3. The second kappa shape index (κ2) is 9.52. The number of carbonyl (C=O) groups is 1. The third-order valence-electron chi connectivity index (χ3n) is 5.23. The quantitative estimate of drug-likeness (QED) is 0.371. The molecule has 1 N–H and O–H groups in total. The van der Waals surface area contributed by atoms with Crippen molar-refractivity contribution in [3.05, 3.63) is 66.6 Å². The van der Waals surface area contributed by atoms with Crippen molar-refractivity contribution in [3.63, 3.8) is 0 Å². The van der Waals surface area contributed by atoms with Crippen molar-refractivity contribution in [2.45, 2.75) is 23.9 Å². The van der Waals surface area contributed by atoms with Crippen LogP contribution < -0.4 is 19.5 Å². The minimum atomic E-state index is -0.442. The zero-order valence-corrected chi connectivity index (χ0v) is 19.4. The minimum Gasteiger partial charge on any atom is -0.497 e. The molecule has 5 rings (SSSR count). The molecule has 1 aliphatic heterocycles. The predicted molar refractivity (Wildman–Crippen MR) is 126 cm³/mol. The Labute approximate surface area is 200 Å². The number of thioether (sulfide) groups is 1. The van der Waals surface area contributed by atoms with E-state index in [-0.39, 0.29) is 12.7 Å². The molecule has 4 aromatic rings. The van der Waals surface area contributed by atoms with Gasteiger partial charge in [0, 0.05) is 17.3 Å². The van der Waals surface area contributed by atoms with E-state index < -0.39 is 5.25 Å². The Bertz CT molecular complexity index is 1300. The molecular weight excluding hydrogens is 456 g/mol. The van der Waals surface area contributed by atoms with E-state index in [0.717, 1.165) is 17.1 Å². The van der Waals surface area contributed by atoms with E-state index in [2.05, 4.69) is 15.5 Å². The molecule has 0 saturated heterocycles. The molecule has 1 amide bonds. The normalized spacial score (nSPS) is 13.0. The number of aromatic nitrogens is 3. The van der Waals surface area contributed by atoms with E-state index >= 15 is 0 Å². The van der Waals surface area contributed by atoms with E-state index in [1.54, 1.807) is 31.6 Å². The molecule has 3 heterocycles. The number of furan rings is 1. The highest BCUT2D eigenvalue weighted by molar-refractivity contribution is 8.00. The van der Waals surface area contributed by atoms with Gasteiger partial charge >= 0.3 is 0 Å². The van der Waals surface area contributed by atoms with Crippen LogP contribution in [0.2, 0.25) is 0 Å². The summed E-state index contributed by atoms with van der Waals surface area (Å²) in [4.78, 5) is 12.9. The number of fused-ring (bicyclic) bond motifs is 1. The molecule has 0 fully saturated rings.